The van der Waals surface area contributed by atoms with E-state index < -0.39 is 0 Å². The first kappa shape index (κ1) is 13.1. The first-order chi connectivity index (χ1) is 9.63. The van der Waals surface area contributed by atoms with Crippen LogP contribution in [0.2, 0.25) is 0 Å². The summed E-state index contributed by atoms with van der Waals surface area (Å²) in [6, 6.07) is 4.07. The van der Waals surface area contributed by atoms with E-state index in [1.54, 1.807) is 6.07 Å². The zero-order valence-electron chi connectivity index (χ0n) is 11.2. The van der Waals surface area contributed by atoms with E-state index in [4.69, 9.17) is 15.0 Å². The molecule has 0 radical (unpaired) electrons. The Morgan fingerprint density at radius 1 is 1.50 bits per heavy atom. The van der Waals surface area contributed by atoms with Crippen molar-refractivity contribution in [2.45, 2.75) is 38.3 Å². The molecule has 0 amide bonds. The van der Waals surface area contributed by atoms with Crippen LogP contribution in [0.4, 0.5) is 4.39 Å². The Kier molecular flexibility index (Phi) is 3.40. The summed E-state index contributed by atoms with van der Waals surface area (Å²) < 4.78 is 24.0. The number of rotatable bonds is 5. The van der Waals surface area contributed by atoms with Crippen molar-refractivity contribution in [2.24, 2.45) is 5.73 Å². The first-order valence-electron chi connectivity index (χ1n) is 6.64. The van der Waals surface area contributed by atoms with Crippen molar-refractivity contribution in [3.63, 3.8) is 0 Å². The van der Waals surface area contributed by atoms with Crippen LogP contribution < -0.4 is 10.5 Å². The quantitative estimate of drug-likeness (QED) is 0.909. The molecular formula is C14H16FN3O2. The van der Waals surface area contributed by atoms with Crippen LogP contribution >= 0.6 is 0 Å². The maximum atomic E-state index is 13.3. The number of nitrogens with two attached hydrogens (primary N) is 1. The fraction of sp³-hybridized carbons (Fsp3) is 0.429. The summed E-state index contributed by atoms with van der Waals surface area (Å²) in [5.74, 6) is 1.58. The van der Waals surface area contributed by atoms with Gasteiger partial charge in [-0.1, -0.05) is 11.2 Å². The molecule has 1 saturated carbocycles. The van der Waals surface area contributed by atoms with Gasteiger partial charge in [-0.25, -0.2) is 4.39 Å². The summed E-state index contributed by atoms with van der Waals surface area (Å²) in [4.78, 5) is 4.26. The normalized spacial score (nSPS) is 16.1. The SMILES string of the molecule is CC(N)c1ccc(F)cc1OCc1noc(C2CC2)n1. The number of benzene rings is 1. The molecule has 106 valence electrons. The Morgan fingerprint density at radius 3 is 3.00 bits per heavy atom. The molecule has 5 nitrogen and oxygen atoms in total. The average Bonchev–Trinajstić information content (AvgIpc) is 3.15. The number of hydrogen-bond acceptors (Lipinski definition) is 5. The van der Waals surface area contributed by atoms with Crippen LogP contribution in [0, 0.1) is 5.82 Å². The molecular weight excluding hydrogens is 261 g/mol. The zero-order valence-corrected chi connectivity index (χ0v) is 11.2. The number of nitrogens with zero attached hydrogens (tertiary/aromatic N) is 2. The predicted octanol–water partition coefficient (Wildman–Crippen LogP) is 2.68. The Balaban J connectivity index is 1.71. The van der Waals surface area contributed by atoms with Crippen molar-refractivity contribution in [1.29, 1.82) is 0 Å². The van der Waals surface area contributed by atoms with Gasteiger partial charge in [0.1, 0.15) is 11.6 Å². The molecule has 0 aliphatic heterocycles. The van der Waals surface area contributed by atoms with Crippen LogP contribution in [0.1, 0.15) is 49.0 Å². The van der Waals surface area contributed by atoms with Gasteiger partial charge in [0.2, 0.25) is 11.7 Å². The van der Waals surface area contributed by atoms with E-state index in [1.807, 2.05) is 6.92 Å². The summed E-state index contributed by atoms with van der Waals surface area (Å²) in [5, 5.41) is 3.85. The van der Waals surface area contributed by atoms with E-state index in [9.17, 15) is 4.39 Å². The molecule has 1 aromatic carbocycles. The lowest BCUT2D eigenvalue weighted by Crippen LogP contribution is -2.08. The van der Waals surface area contributed by atoms with E-state index in [1.165, 1.54) is 12.1 Å². The van der Waals surface area contributed by atoms with Crippen LogP contribution in [0.15, 0.2) is 22.7 Å². The first-order valence-corrected chi connectivity index (χ1v) is 6.64. The van der Waals surface area contributed by atoms with Gasteiger partial charge in [-0.2, -0.15) is 4.98 Å². The van der Waals surface area contributed by atoms with Gasteiger partial charge in [0.15, 0.2) is 6.61 Å². The standard InChI is InChI=1S/C14H16FN3O2/c1-8(16)11-5-4-10(15)6-12(11)19-7-13-17-14(20-18-13)9-2-3-9/h4-6,8-9H,2-3,7,16H2,1H3. The monoisotopic (exact) mass is 277 g/mol. The van der Waals surface area contributed by atoms with Gasteiger partial charge in [-0.05, 0) is 25.8 Å². The van der Waals surface area contributed by atoms with E-state index >= 15 is 0 Å². The fourth-order valence-corrected chi connectivity index (χ4v) is 1.97. The second kappa shape index (κ2) is 5.20. The molecule has 20 heavy (non-hydrogen) atoms. The highest BCUT2D eigenvalue weighted by molar-refractivity contribution is 5.36. The van der Waals surface area contributed by atoms with Crippen molar-refractivity contribution < 1.29 is 13.7 Å². The van der Waals surface area contributed by atoms with Gasteiger partial charge < -0.3 is 15.0 Å². The lowest BCUT2D eigenvalue weighted by atomic mass is 10.1. The maximum Gasteiger partial charge on any atom is 0.229 e. The molecule has 3 rings (SSSR count). The minimum absolute atomic E-state index is 0.138. The van der Waals surface area contributed by atoms with Crippen LogP contribution in [-0.2, 0) is 6.61 Å². The fourth-order valence-electron chi connectivity index (χ4n) is 1.97. The minimum Gasteiger partial charge on any atom is -0.485 e. The highest BCUT2D eigenvalue weighted by Gasteiger charge is 2.29. The van der Waals surface area contributed by atoms with Crippen molar-refractivity contribution in [2.75, 3.05) is 0 Å². The van der Waals surface area contributed by atoms with Gasteiger partial charge in [0.05, 0.1) is 0 Å². The van der Waals surface area contributed by atoms with Crippen molar-refractivity contribution >= 4 is 0 Å². The van der Waals surface area contributed by atoms with Crippen LogP contribution in [-0.4, -0.2) is 10.1 Å². The molecule has 1 atom stereocenters. The minimum atomic E-state index is -0.365. The Bertz CT molecular complexity index is 608. The topological polar surface area (TPSA) is 74.2 Å². The molecule has 6 heteroatoms. The predicted molar refractivity (Wildman–Crippen MR) is 69.6 cm³/mol. The summed E-state index contributed by atoms with van der Waals surface area (Å²) in [7, 11) is 0. The molecule has 1 unspecified atom stereocenters. The summed E-state index contributed by atoms with van der Waals surface area (Å²) >= 11 is 0. The largest absolute Gasteiger partial charge is 0.485 e. The molecule has 1 heterocycles. The summed E-state index contributed by atoms with van der Waals surface area (Å²) in [6.07, 6.45) is 2.20. The molecule has 0 spiro atoms. The number of hydrogen-bond donors (Lipinski definition) is 1. The molecule has 1 fully saturated rings. The smallest absolute Gasteiger partial charge is 0.229 e. The van der Waals surface area contributed by atoms with Crippen molar-refractivity contribution in [1.82, 2.24) is 10.1 Å². The third-order valence-electron chi connectivity index (χ3n) is 3.23. The van der Waals surface area contributed by atoms with Gasteiger partial charge in [0.25, 0.3) is 0 Å². The molecule has 1 aliphatic carbocycles. The number of ether oxygens (including phenoxy) is 1. The van der Waals surface area contributed by atoms with Crippen LogP contribution in [0.5, 0.6) is 5.75 Å². The van der Waals surface area contributed by atoms with Crippen LogP contribution in [0.3, 0.4) is 0 Å². The molecule has 2 aromatic rings. The lowest BCUT2D eigenvalue weighted by Gasteiger charge is -2.12. The van der Waals surface area contributed by atoms with E-state index in [2.05, 4.69) is 10.1 Å². The van der Waals surface area contributed by atoms with Gasteiger partial charge >= 0.3 is 0 Å². The van der Waals surface area contributed by atoms with Crippen molar-refractivity contribution in [3.05, 3.63) is 41.3 Å². The maximum absolute atomic E-state index is 13.3. The summed E-state index contributed by atoms with van der Waals surface area (Å²) in [6.45, 7) is 1.96. The lowest BCUT2D eigenvalue weighted by molar-refractivity contribution is 0.280. The molecule has 0 bridgehead atoms. The van der Waals surface area contributed by atoms with Crippen LogP contribution in [0.25, 0.3) is 0 Å². The molecule has 0 saturated heterocycles. The third kappa shape index (κ3) is 2.80. The second-order valence-electron chi connectivity index (χ2n) is 5.08. The molecule has 1 aromatic heterocycles. The molecule has 1 aliphatic rings. The van der Waals surface area contributed by atoms with Gasteiger partial charge in [-0.15, -0.1) is 0 Å². The van der Waals surface area contributed by atoms with Gasteiger partial charge in [-0.3, -0.25) is 0 Å². The Hall–Kier alpha value is -1.95. The second-order valence-corrected chi connectivity index (χ2v) is 5.08. The highest BCUT2D eigenvalue weighted by atomic mass is 19.1. The summed E-state index contributed by atoms with van der Waals surface area (Å²) in [5.41, 5.74) is 6.58. The number of halogens is 1. The third-order valence-corrected chi connectivity index (χ3v) is 3.23. The highest BCUT2D eigenvalue weighted by Crippen LogP contribution is 2.38. The van der Waals surface area contributed by atoms with E-state index in [0.717, 1.165) is 18.4 Å². The van der Waals surface area contributed by atoms with Gasteiger partial charge in [0, 0.05) is 23.6 Å². The van der Waals surface area contributed by atoms with Crippen molar-refractivity contribution in [3.8, 4) is 5.75 Å². The molecule has 2 N–H and O–H groups in total. The average molecular weight is 277 g/mol. The van der Waals surface area contributed by atoms with E-state index in [0.29, 0.717) is 23.4 Å². The number of aromatic nitrogens is 2. The zero-order chi connectivity index (χ0) is 14.1. The van der Waals surface area contributed by atoms with E-state index in [-0.39, 0.29) is 18.5 Å². The Labute approximate surface area is 115 Å². The Morgan fingerprint density at radius 2 is 2.30 bits per heavy atom.